The minimum Gasteiger partial charge on any atom is -0.481 e. The van der Waals surface area contributed by atoms with Crippen LogP contribution < -0.4 is 0 Å². The van der Waals surface area contributed by atoms with Crippen molar-refractivity contribution < 1.29 is 23.1 Å². The van der Waals surface area contributed by atoms with Crippen LogP contribution in [0.15, 0.2) is 53.6 Å². The number of rotatable bonds is 9. The van der Waals surface area contributed by atoms with Crippen molar-refractivity contribution in [3.8, 4) is 0 Å². The molecular formula is C28H36N4O5S. The SMILES string of the molecule is CCn1cc(CO[C@@H](c2ccc(C)c(CN3C[C@H](C)Cc4ccccc4S3(=O)=O)c2)C(C)(C)C(=O)O)nn1. The number of aryl methyl sites for hydroxylation is 2. The van der Waals surface area contributed by atoms with Crippen LogP contribution in [0.5, 0.6) is 0 Å². The summed E-state index contributed by atoms with van der Waals surface area (Å²) in [5.41, 5.74) is 2.59. The molecule has 3 aromatic rings. The monoisotopic (exact) mass is 540 g/mol. The fraction of sp³-hybridized carbons (Fsp3) is 0.464. The minimum atomic E-state index is -3.70. The van der Waals surface area contributed by atoms with Crippen molar-refractivity contribution >= 4 is 16.0 Å². The quantitative estimate of drug-likeness (QED) is 0.429. The first kappa shape index (κ1) is 27.9. The molecule has 1 aliphatic heterocycles. The molecule has 0 unspecified atom stereocenters. The Labute approximate surface area is 224 Å². The predicted molar refractivity (Wildman–Crippen MR) is 143 cm³/mol. The summed E-state index contributed by atoms with van der Waals surface area (Å²) in [7, 11) is -3.70. The molecule has 2 atom stereocenters. The average molecular weight is 541 g/mol. The number of hydrogen-bond acceptors (Lipinski definition) is 6. The fourth-order valence-electron chi connectivity index (χ4n) is 4.87. The normalized spacial score (nSPS) is 18.5. The van der Waals surface area contributed by atoms with Gasteiger partial charge in [0.25, 0.3) is 0 Å². The van der Waals surface area contributed by atoms with Crippen LogP contribution in [0.2, 0.25) is 0 Å². The van der Waals surface area contributed by atoms with Crippen molar-refractivity contribution in [2.45, 2.75) is 71.7 Å². The molecule has 2 aromatic carbocycles. The van der Waals surface area contributed by atoms with Crippen molar-refractivity contribution in [3.05, 3.63) is 76.6 Å². The lowest BCUT2D eigenvalue weighted by Crippen LogP contribution is -2.34. The number of sulfonamides is 1. The van der Waals surface area contributed by atoms with Gasteiger partial charge >= 0.3 is 5.97 Å². The maximum Gasteiger partial charge on any atom is 0.312 e. The Hall–Kier alpha value is -3.08. The minimum absolute atomic E-state index is 0.0966. The van der Waals surface area contributed by atoms with E-state index >= 15 is 0 Å². The molecule has 0 bridgehead atoms. The number of nitrogens with zero attached hydrogens (tertiary/aromatic N) is 4. The maximum atomic E-state index is 13.6. The Morgan fingerprint density at radius 3 is 2.66 bits per heavy atom. The molecule has 0 saturated carbocycles. The zero-order chi connectivity index (χ0) is 27.7. The lowest BCUT2D eigenvalue weighted by molar-refractivity contribution is -0.158. The molecule has 0 radical (unpaired) electrons. The van der Waals surface area contributed by atoms with Gasteiger partial charge < -0.3 is 9.84 Å². The molecule has 4 rings (SSSR count). The van der Waals surface area contributed by atoms with Crippen LogP contribution in [0.1, 0.15) is 61.7 Å². The third-order valence-corrected chi connectivity index (χ3v) is 9.12. The summed E-state index contributed by atoms with van der Waals surface area (Å²) in [5, 5.41) is 18.2. The summed E-state index contributed by atoms with van der Waals surface area (Å²) < 4.78 is 36.7. The second-order valence-electron chi connectivity index (χ2n) is 10.7. The van der Waals surface area contributed by atoms with Gasteiger partial charge in [-0.15, -0.1) is 5.10 Å². The third kappa shape index (κ3) is 5.67. The Morgan fingerprint density at radius 2 is 1.97 bits per heavy atom. The molecule has 0 fully saturated rings. The lowest BCUT2D eigenvalue weighted by Gasteiger charge is -2.31. The summed E-state index contributed by atoms with van der Waals surface area (Å²) in [5.74, 6) is -0.849. The number of carboxylic acids is 1. The molecule has 9 nitrogen and oxygen atoms in total. The molecule has 0 amide bonds. The maximum absolute atomic E-state index is 13.6. The molecule has 204 valence electrons. The molecule has 0 aliphatic carbocycles. The molecule has 0 spiro atoms. The smallest absolute Gasteiger partial charge is 0.312 e. The number of carbonyl (C=O) groups is 1. The van der Waals surface area contributed by atoms with Crippen LogP contribution in [0.4, 0.5) is 0 Å². The van der Waals surface area contributed by atoms with Gasteiger partial charge in [-0.05, 0) is 68.4 Å². The predicted octanol–water partition coefficient (Wildman–Crippen LogP) is 4.36. The van der Waals surface area contributed by atoms with Crippen LogP contribution in [0.3, 0.4) is 0 Å². The van der Waals surface area contributed by atoms with E-state index in [0.29, 0.717) is 35.7 Å². The highest BCUT2D eigenvalue weighted by atomic mass is 32.2. The first-order valence-electron chi connectivity index (χ1n) is 12.8. The number of ether oxygens (including phenoxy) is 1. The Kier molecular flexibility index (Phi) is 8.06. The average Bonchev–Trinajstić information content (AvgIpc) is 3.30. The molecular weight excluding hydrogens is 504 g/mol. The topological polar surface area (TPSA) is 115 Å². The van der Waals surface area contributed by atoms with E-state index in [-0.39, 0.29) is 19.1 Å². The van der Waals surface area contributed by atoms with E-state index in [1.165, 1.54) is 4.31 Å². The molecule has 38 heavy (non-hydrogen) atoms. The van der Waals surface area contributed by atoms with E-state index in [1.807, 2.05) is 44.2 Å². The molecule has 1 N–H and O–H groups in total. The van der Waals surface area contributed by atoms with Crippen LogP contribution >= 0.6 is 0 Å². The van der Waals surface area contributed by atoms with Crippen LogP contribution in [-0.2, 0) is 45.7 Å². The van der Waals surface area contributed by atoms with Crippen molar-refractivity contribution in [3.63, 3.8) is 0 Å². The molecule has 10 heteroatoms. The first-order chi connectivity index (χ1) is 17.9. The number of aliphatic carboxylic acids is 1. The summed E-state index contributed by atoms with van der Waals surface area (Å²) in [6.07, 6.45) is 1.66. The van der Waals surface area contributed by atoms with Crippen molar-refractivity contribution in [2.24, 2.45) is 11.3 Å². The van der Waals surface area contributed by atoms with Crippen LogP contribution in [0.25, 0.3) is 0 Å². The van der Waals surface area contributed by atoms with E-state index < -0.39 is 27.5 Å². The van der Waals surface area contributed by atoms with E-state index in [1.54, 1.807) is 36.9 Å². The van der Waals surface area contributed by atoms with Crippen molar-refractivity contribution in [1.29, 1.82) is 0 Å². The van der Waals surface area contributed by atoms with Gasteiger partial charge in [0.15, 0.2) is 0 Å². The van der Waals surface area contributed by atoms with E-state index in [4.69, 9.17) is 4.74 Å². The Balaban J connectivity index is 1.67. The second kappa shape index (κ2) is 11.0. The Bertz CT molecular complexity index is 1420. The summed E-state index contributed by atoms with van der Waals surface area (Å²) in [4.78, 5) is 12.6. The van der Waals surface area contributed by atoms with Gasteiger partial charge in [-0.2, -0.15) is 4.31 Å². The van der Waals surface area contributed by atoms with Gasteiger partial charge in [-0.3, -0.25) is 9.48 Å². The summed E-state index contributed by atoms with van der Waals surface area (Å²) in [6, 6.07) is 12.8. The summed E-state index contributed by atoms with van der Waals surface area (Å²) >= 11 is 0. The largest absolute Gasteiger partial charge is 0.481 e. The van der Waals surface area contributed by atoms with Gasteiger partial charge in [-0.1, -0.05) is 48.5 Å². The van der Waals surface area contributed by atoms with Gasteiger partial charge in [-0.25, -0.2) is 8.42 Å². The van der Waals surface area contributed by atoms with Crippen LogP contribution in [0, 0.1) is 18.3 Å². The number of carboxylic acid groups (broad SMARTS) is 1. The first-order valence-corrected chi connectivity index (χ1v) is 14.3. The molecule has 0 saturated heterocycles. The lowest BCUT2D eigenvalue weighted by atomic mass is 9.81. The van der Waals surface area contributed by atoms with Gasteiger partial charge in [0.2, 0.25) is 10.0 Å². The standard InChI is InChI=1S/C28H36N4O5S/c1-6-31-17-24(29-30-31)18-37-26(28(4,5)27(33)34)22-12-11-20(3)23(14-22)16-32-15-19(2)13-21-9-7-8-10-25(21)38(32,35)36/h7-12,14,17,19,26H,6,13,15-16,18H2,1-5H3,(H,33,34)/t19-,26+/m1/s1. The number of benzene rings is 2. The fourth-order valence-corrected chi connectivity index (χ4v) is 6.65. The Morgan fingerprint density at radius 1 is 1.24 bits per heavy atom. The zero-order valence-electron chi connectivity index (χ0n) is 22.6. The van der Waals surface area contributed by atoms with Crippen LogP contribution in [-0.4, -0.2) is 45.3 Å². The second-order valence-corrected chi connectivity index (χ2v) is 12.6. The molecule has 1 aromatic heterocycles. The highest BCUT2D eigenvalue weighted by Crippen LogP contribution is 2.39. The number of hydrogen-bond donors (Lipinski definition) is 1. The number of fused-ring (bicyclic) bond motifs is 1. The summed E-state index contributed by atoms with van der Waals surface area (Å²) in [6.45, 7) is 10.5. The van der Waals surface area contributed by atoms with E-state index in [9.17, 15) is 18.3 Å². The third-order valence-electron chi connectivity index (χ3n) is 7.21. The van der Waals surface area contributed by atoms with E-state index in [2.05, 4.69) is 17.2 Å². The van der Waals surface area contributed by atoms with Gasteiger partial charge in [0, 0.05) is 19.6 Å². The van der Waals surface area contributed by atoms with Gasteiger partial charge in [0.05, 0.1) is 29.2 Å². The number of aromatic nitrogens is 3. The van der Waals surface area contributed by atoms with Crippen molar-refractivity contribution in [1.82, 2.24) is 19.3 Å². The van der Waals surface area contributed by atoms with Crippen molar-refractivity contribution in [2.75, 3.05) is 6.54 Å². The molecule has 1 aliphatic rings. The molecule has 2 heterocycles. The highest BCUT2D eigenvalue weighted by Gasteiger charge is 2.40. The van der Waals surface area contributed by atoms with E-state index in [0.717, 1.165) is 16.7 Å². The zero-order valence-corrected chi connectivity index (χ0v) is 23.4. The highest BCUT2D eigenvalue weighted by molar-refractivity contribution is 7.89. The van der Waals surface area contributed by atoms with Gasteiger partial charge in [0.1, 0.15) is 5.69 Å².